The Labute approximate surface area is 188 Å². The van der Waals surface area contributed by atoms with Gasteiger partial charge < -0.3 is 14.2 Å². The third kappa shape index (κ3) is 4.49. The first-order chi connectivity index (χ1) is 15.7. The van der Waals surface area contributed by atoms with E-state index >= 15 is 0 Å². The fourth-order valence-electron chi connectivity index (χ4n) is 3.67. The number of carbonyl (C=O) groups excluding carboxylic acids is 1. The SMILES string of the molecule is O=C(CCn1nnc2cc(-c3noc(Cc4ccc(Cl)cc4)n3)ccc21)N1CCOCC1. The zero-order valence-electron chi connectivity index (χ0n) is 17.3. The minimum atomic E-state index is 0.105. The van der Waals surface area contributed by atoms with Gasteiger partial charge in [0.1, 0.15) is 5.52 Å². The van der Waals surface area contributed by atoms with E-state index < -0.39 is 0 Å². The van der Waals surface area contributed by atoms with Crippen molar-refractivity contribution in [3.8, 4) is 11.4 Å². The lowest BCUT2D eigenvalue weighted by atomic mass is 10.1. The number of aromatic nitrogens is 5. The van der Waals surface area contributed by atoms with Crippen molar-refractivity contribution in [1.29, 1.82) is 0 Å². The highest BCUT2D eigenvalue weighted by molar-refractivity contribution is 6.30. The smallest absolute Gasteiger partial charge is 0.231 e. The molecule has 32 heavy (non-hydrogen) atoms. The standard InChI is InChI=1S/C22H21ClN6O3/c23-17-4-1-15(2-5-17)13-20-24-22(26-32-20)16-3-6-19-18(14-16)25-27-29(19)8-7-21(30)28-9-11-31-12-10-28/h1-6,14H,7-13H2. The van der Waals surface area contributed by atoms with E-state index in [1.807, 2.05) is 47.4 Å². The van der Waals surface area contributed by atoms with Crippen LogP contribution in [0.1, 0.15) is 17.9 Å². The van der Waals surface area contributed by atoms with E-state index in [1.165, 1.54) is 0 Å². The fraction of sp³-hybridized carbons (Fsp3) is 0.318. The quantitative estimate of drug-likeness (QED) is 0.443. The Balaban J connectivity index is 1.27. The van der Waals surface area contributed by atoms with E-state index in [1.54, 1.807) is 4.68 Å². The van der Waals surface area contributed by atoms with Crippen molar-refractivity contribution in [3.05, 3.63) is 58.9 Å². The Morgan fingerprint density at radius 2 is 1.91 bits per heavy atom. The normalized spacial score (nSPS) is 14.2. The van der Waals surface area contributed by atoms with Gasteiger partial charge in [-0.15, -0.1) is 5.10 Å². The second-order valence-electron chi connectivity index (χ2n) is 7.57. The molecule has 0 aliphatic carbocycles. The van der Waals surface area contributed by atoms with Crippen LogP contribution >= 0.6 is 11.6 Å². The highest BCUT2D eigenvalue weighted by Gasteiger charge is 2.18. The number of morpholine rings is 1. The molecule has 1 aliphatic rings. The molecule has 0 radical (unpaired) electrons. The minimum Gasteiger partial charge on any atom is -0.378 e. The molecule has 0 saturated carbocycles. The maximum atomic E-state index is 12.4. The summed E-state index contributed by atoms with van der Waals surface area (Å²) < 4.78 is 12.5. The number of hydrogen-bond donors (Lipinski definition) is 0. The summed E-state index contributed by atoms with van der Waals surface area (Å²) in [6, 6.07) is 13.2. The monoisotopic (exact) mass is 452 g/mol. The Morgan fingerprint density at radius 1 is 1.09 bits per heavy atom. The highest BCUT2D eigenvalue weighted by atomic mass is 35.5. The Bertz CT molecular complexity index is 1230. The number of ether oxygens (including phenoxy) is 1. The number of carbonyl (C=O) groups is 1. The van der Waals surface area contributed by atoms with Crippen molar-refractivity contribution in [1.82, 2.24) is 30.0 Å². The largest absolute Gasteiger partial charge is 0.378 e. The summed E-state index contributed by atoms with van der Waals surface area (Å²) in [4.78, 5) is 18.7. The van der Waals surface area contributed by atoms with Crippen LogP contribution in [0.15, 0.2) is 47.0 Å². The molecule has 1 amide bonds. The van der Waals surface area contributed by atoms with Gasteiger partial charge in [-0.05, 0) is 35.9 Å². The molecule has 1 saturated heterocycles. The van der Waals surface area contributed by atoms with Gasteiger partial charge in [-0.2, -0.15) is 4.98 Å². The molecule has 10 heteroatoms. The maximum Gasteiger partial charge on any atom is 0.231 e. The number of hydrogen-bond acceptors (Lipinski definition) is 7. The van der Waals surface area contributed by atoms with Gasteiger partial charge in [0.2, 0.25) is 17.6 Å². The predicted molar refractivity (Wildman–Crippen MR) is 117 cm³/mol. The number of aryl methyl sites for hydroxylation is 1. The summed E-state index contributed by atoms with van der Waals surface area (Å²) in [5, 5.41) is 13.2. The molecule has 4 aromatic rings. The third-order valence-corrected chi connectivity index (χ3v) is 5.66. The third-order valence-electron chi connectivity index (χ3n) is 5.41. The van der Waals surface area contributed by atoms with Gasteiger partial charge in [0, 0.05) is 30.1 Å². The van der Waals surface area contributed by atoms with E-state index in [-0.39, 0.29) is 5.91 Å². The number of rotatable bonds is 6. The molecule has 1 aliphatic heterocycles. The summed E-state index contributed by atoms with van der Waals surface area (Å²) >= 11 is 5.93. The molecule has 0 bridgehead atoms. The topological polar surface area (TPSA) is 99.2 Å². The summed E-state index contributed by atoms with van der Waals surface area (Å²) in [7, 11) is 0. The first-order valence-electron chi connectivity index (χ1n) is 10.4. The van der Waals surface area contributed by atoms with Crippen LogP contribution in [0.3, 0.4) is 0 Å². The molecule has 0 N–H and O–H groups in total. The Morgan fingerprint density at radius 3 is 2.72 bits per heavy atom. The van der Waals surface area contributed by atoms with E-state index in [9.17, 15) is 4.79 Å². The van der Waals surface area contributed by atoms with Crippen molar-refractivity contribution in [2.45, 2.75) is 19.4 Å². The van der Waals surface area contributed by atoms with Crippen LogP contribution in [0.5, 0.6) is 0 Å². The molecule has 5 rings (SSSR count). The van der Waals surface area contributed by atoms with Crippen molar-refractivity contribution in [3.63, 3.8) is 0 Å². The number of fused-ring (bicyclic) bond motifs is 1. The summed E-state index contributed by atoms with van der Waals surface area (Å²) in [5.41, 5.74) is 3.40. The zero-order valence-corrected chi connectivity index (χ0v) is 18.0. The van der Waals surface area contributed by atoms with Crippen molar-refractivity contribution >= 4 is 28.5 Å². The first kappa shape index (κ1) is 20.6. The molecule has 0 atom stereocenters. The molecule has 2 aromatic carbocycles. The van der Waals surface area contributed by atoms with E-state index in [0.717, 1.165) is 16.6 Å². The molecule has 0 spiro atoms. The zero-order chi connectivity index (χ0) is 21.9. The Hall–Kier alpha value is -3.30. The van der Waals surface area contributed by atoms with Crippen LogP contribution in [0.25, 0.3) is 22.4 Å². The Kier molecular flexibility index (Phi) is 5.83. The van der Waals surface area contributed by atoms with E-state index in [4.69, 9.17) is 20.9 Å². The van der Waals surface area contributed by atoms with Crippen molar-refractivity contribution in [2.75, 3.05) is 26.3 Å². The molecule has 2 aromatic heterocycles. The predicted octanol–water partition coefficient (Wildman–Crippen LogP) is 2.97. The van der Waals surface area contributed by atoms with Crippen LogP contribution < -0.4 is 0 Å². The molecule has 0 unspecified atom stereocenters. The van der Waals surface area contributed by atoms with Gasteiger partial charge in [-0.3, -0.25) is 4.79 Å². The summed E-state index contributed by atoms with van der Waals surface area (Å²) in [6.07, 6.45) is 0.902. The lowest BCUT2D eigenvalue weighted by Gasteiger charge is -2.26. The van der Waals surface area contributed by atoms with E-state index in [0.29, 0.717) is 67.9 Å². The number of benzene rings is 2. The van der Waals surface area contributed by atoms with Gasteiger partial charge in [0.15, 0.2) is 0 Å². The maximum absolute atomic E-state index is 12.4. The molecular weight excluding hydrogens is 432 g/mol. The summed E-state index contributed by atoms with van der Waals surface area (Å²) in [5.74, 6) is 1.12. The lowest BCUT2D eigenvalue weighted by Crippen LogP contribution is -2.41. The summed E-state index contributed by atoms with van der Waals surface area (Å²) in [6.45, 7) is 2.95. The minimum absolute atomic E-state index is 0.105. The van der Waals surface area contributed by atoms with Gasteiger partial charge in [0.05, 0.1) is 31.7 Å². The van der Waals surface area contributed by atoms with Crippen LogP contribution in [0.4, 0.5) is 0 Å². The van der Waals surface area contributed by atoms with Crippen LogP contribution in [-0.4, -0.2) is 62.2 Å². The molecule has 3 heterocycles. The van der Waals surface area contributed by atoms with E-state index in [2.05, 4.69) is 20.5 Å². The number of nitrogens with zero attached hydrogens (tertiary/aromatic N) is 6. The fourth-order valence-corrected chi connectivity index (χ4v) is 3.80. The first-order valence-corrected chi connectivity index (χ1v) is 10.8. The van der Waals surface area contributed by atoms with Gasteiger partial charge in [0.25, 0.3) is 0 Å². The lowest BCUT2D eigenvalue weighted by molar-refractivity contribution is -0.135. The van der Waals surface area contributed by atoms with Gasteiger partial charge >= 0.3 is 0 Å². The average molecular weight is 453 g/mol. The molecule has 164 valence electrons. The van der Waals surface area contributed by atoms with Gasteiger partial charge in [-0.1, -0.05) is 34.1 Å². The van der Waals surface area contributed by atoms with Crippen molar-refractivity contribution in [2.24, 2.45) is 0 Å². The second-order valence-corrected chi connectivity index (χ2v) is 8.01. The number of amides is 1. The molecule has 9 nitrogen and oxygen atoms in total. The average Bonchev–Trinajstić information content (AvgIpc) is 3.46. The van der Waals surface area contributed by atoms with Crippen LogP contribution in [-0.2, 0) is 22.5 Å². The number of halogens is 1. The highest BCUT2D eigenvalue weighted by Crippen LogP contribution is 2.22. The second kappa shape index (κ2) is 9.05. The van der Waals surface area contributed by atoms with Crippen LogP contribution in [0.2, 0.25) is 5.02 Å². The van der Waals surface area contributed by atoms with Gasteiger partial charge in [-0.25, -0.2) is 4.68 Å². The van der Waals surface area contributed by atoms with Crippen LogP contribution in [0, 0.1) is 0 Å². The van der Waals surface area contributed by atoms with Crippen molar-refractivity contribution < 1.29 is 14.1 Å². The molecular formula is C22H21ClN6O3. The molecule has 1 fully saturated rings.